The van der Waals surface area contributed by atoms with Crippen molar-refractivity contribution in [1.29, 1.82) is 0 Å². The lowest BCUT2D eigenvalue weighted by Gasteiger charge is -2.37. The summed E-state index contributed by atoms with van der Waals surface area (Å²) in [4.78, 5) is 12.2. The first-order valence-corrected chi connectivity index (χ1v) is 8.36. The number of nitrogens with two attached hydrogens (primary N) is 1. The lowest BCUT2D eigenvalue weighted by atomic mass is 9.82. The van der Waals surface area contributed by atoms with Crippen molar-refractivity contribution in [2.24, 2.45) is 11.7 Å². The van der Waals surface area contributed by atoms with E-state index in [1.165, 1.54) is 5.75 Å². The molecule has 2 fully saturated rings. The van der Waals surface area contributed by atoms with Gasteiger partial charge >= 0.3 is 0 Å². The average molecular weight is 271 g/mol. The van der Waals surface area contributed by atoms with Crippen molar-refractivity contribution in [3.05, 3.63) is 0 Å². The Hall–Kier alpha value is -0.0600. The molecule has 0 aliphatic carbocycles. The van der Waals surface area contributed by atoms with E-state index in [0.717, 1.165) is 63.9 Å². The molecular formula is C14H25NO2S. The minimum Gasteiger partial charge on any atom is -0.374 e. The van der Waals surface area contributed by atoms with Crippen LogP contribution in [0.1, 0.15) is 44.9 Å². The Balaban J connectivity index is 1.75. The Bertz CT molecular complexity index is 277. The predicted octanol–water partition coefficient (Wildman–Crippen LogP) is 2.38. The highest BCUT2D eigenvalue weighted by Gasteiger charge is 2.41. The molecule has 2 aliphatic rings. The average Bonchev–Trinajstić information content (AvgIpc) is 2.82. The molecule has 0 saturated carbocycles. The molecule has 2 rings (SSSR count). The zero-order valence-electron chi connectivity index (χ0n) is 11.2. The van der Waals surface area contributed by atoms with Gasteiger partial charge in [-0.15, -0.1) is 0 Å². The first-order chi connectivity index (χ1) is 8.76. The van der Waals surface area contributed by atoms with Crippen molar-refractivity contribution >= 4 is 17.5 Å². The molecule has 1 spiro atoms. The molecule has 0 amide bonds. The maximum absolute atomic E-state index is 12.2. The summed E-state index contributed by atoms with van der Waals surface area (Å²) in [6, 6.07) is 0. The van der Waals surface area contributed by atoms with E-state index in [4.69, 9.17) is 10.5 Å². The summed E-state index contributed by atoms with van der Waals surface area (Å²) >= 11 is 1.97. The van der Waals surface area contributed by atoms with Gasteiger partial charge in [0.25, 0.3) is 0 Å². The second-order valence-electron chi connectivity index (χ2n) is 5.59. The zero-order chi connectivity index (χ0) is 12.8. The molecule has 3 nitrogen and oxygen atoms in total. The molecular weight excluding hydrogens is 246 g/mol. The number of hydrogen-bond donors (Lipinski definition) is 1. The van der Waals surface area contributed by atoms with E-state index in [1.54, 1.807) is 0 Å². The molecule has 2 aliphatic heterocycles. The van der Waals surface area contributed by atoms with Crippen LogP contribution in [0.3, 0.4) is 0 Å². The van der Waals surface area contributed by atoms with Gasteiger partial charge in [-0.3, -0.25) is 4.79 Å². The minimum absolute atomic E-state index is 0.0422. The number of carbonyl (C=O) groups is 1. The van der Waals surface area contributed by atoms with Crippen LogP contribution < -0.4 is 5.73 Å². The molecule has 4 heteroatoms. The number of unbranched alkanes of at least 4 members (excludes halogenated alkanes) is 2. The number of thioether (sulfide) groups is 1. The van der Waals surface area contributed by atoms with E-state index < -0.39 is 0 Å². The molecule has 0 aromatic heterocycles. The Labute approximate surface area is 114 Å². The fraction of sp³-hybridized carbons (Fsp3) is 0.929. The fourth-order valence-electron chi connectivity index (χ4n) is 2.99. The number of Topliss-reactive ketones (excluding diaryl/α,β-unsaturated/α-hetero) is 1. The Kier molecular flexibility index (Phi) is 5.52. The van der Waals surface area contributed by atoms with Gasteiger partial charge in [-0.1, -0.05) is 6.42 Å². The first-order valence-electron chi connectivity index (χ1n) is 7.20. The van der Waals surface area contributed by atoms with E-state index in [9.17, 15) is 4.79 Å². The van der Waals surface area contributed by atoms with Gasteiger partial charge in [0, 0.05) is 24.7 Å². The standard InChI is InChI=1S/C14H25NO2S/c15-7-3-1-2-4-13(16)12-5-8-17-14(10-12)6-9-18-11-14/h12H,1-11,15H2. The van der Waals surface area contributed by atoms with Gasteiger partial charge in [-0.25, -0.2) is 0 Å². The van der Waals surface area contributed by atoms with Crippen molar-refractivity contribution in [2.45, 2.75) is 50.5 Å². The van der Waals surface area contributed by atoms with Gasteiger partial charge in [0.2, 0.25) is 0 Å². The van der Waals surface area contributed by atoms with Crippen molar-refractivity contribution in [3.63, 3.8) is 0 Å². The third-order valence-electron chi connectivity index (χ3n) is 4.14. The van der Waals surface area contributed by atoms with Crippen molar-refractivity contribution in [3.8, 4) is 0 Å². The number of rotatable bonds is 6. The molecule has 104 valence electrons. The lowest BCUT2D eigenvalue weighted by molar-refractivity contribution is -0.134. The van der Waals surface area contributed by atoms with Crippen LogP contribution in [0.2, 0.25) is 0 Å². The van der Waals surface area contributed by atoms with E-state index in [2.05, 4.69) is 0 Å². The topological polar surface area (TPSA) is 52.3 Å². The maximum atomic E-state index is 12.2. The molecule has 0 radical (unpaired) electrons. The Morgan fingerprint density at radius 1 is 1.39 bits per heavy atom. The number of ether oxygens (including phenoxy) is 1. The molecule has 0 aromatic carbocycles. The van der Waals surface area contributed by atoms with Crippen LogP contribution in [0.15, 0.2) is 0 Å². The highest BCUT2D eigenvalue weighted by atomic mass is 32.2. The molecule has 18 heavy (non-hydrogen) atoms. The molecule has 2 saturated heterocycles. The third-order valence-corrected chi connectivity index (χ3v) is 5.37. The summed E-state index contributed by atoms with van der Waals surface area (Å²) in [6.07, 6.45) is 6.92. The summed E-state index contributed by atoms with van der Waals surface area (Å²) in [7, 11) is 0. The first kappa shape index (κ1) is 14.4. The second-order valence-corrected chi connectivity index (χ2v) is 6.69. The number of hydrogen-bond acceptors (Lipinski definition) is 4. The Morgan fingerprint density at radius 3 is 3.00 bits per heavy atom. The summed E-state index contributed by atoms with van der Waals surface area (Å²) in [5.74, 6) is 3.00. The van der Waals surface area contributed by atoms with Crippen LogP contribution in [0.4, 0.5) is 0 Å². The van der Waals surface area contributed by atoms with Crippen LogP contribution in [0.25, 0.3) is 0 Å². The summed E-state index contributed by atoms with van der Waals surface area (Å²) < 4.78 is 5.96. The highest BCUT2D eigenvalue weighted by Crippen LogP contribution is 2.40. The second kappa shape index (κ2) is 6.92. The Morgan fingerprint density at radius 2 is 2.28 bits per heavy atom. The van der Waals surface area contributed by atoms with Crippen LogP contribution in [0.5, 0.6) is 0 Å². The van der Waals surface area contributed by atoms with Gasteiger partial charge in [-0.2, -0.15) is 11.8 Å². The third kappa shape index (κ3) is 3.72. The lowest BCUT2D eigenvalue weighted by Crippen LogP contribution is -2.42. The summed E-state index contributed by atoms with van der Waals surface area (Å²) in [5, 5.41) is 0. The highest BCUT2D eigenvalue weighted by molar-refractivity contribution is 7.99. The van der Waals surface area contributed by atoms with Crippen LogP contribution in [0, 0.1) is 5.92 Å². The molecule has 2 heterocycles. The minimum atomic E-state index is 0.0422. The molecule has 0 aromatic rings. The van der Waals surface area contributed by atoms with E-state index in [0.29, 0.717) is 5.78 Å². The van der Waals surface area contributed by atoms with Gasteiger partial charge in [0.1, 0.15) is 5.78 Å². The normalized spacial score (nSPS) is 31.9. The van der Waals surface area contributed by atoms with Crippen molar-refractivity contribution in [2.75, 3.05) is 24.7 Å². The molecule has 2 atom stereocenters. The summed E-state index contributed by atoms with van der Waals surface area (Å²) in [5.41, 5.74) is 5.51. The van der Waals surface area contributed by atoms with Crippen LogP contribution in [-0.2, 0) is 9.53 Å². The van der Waals surface area contributed by atoms with E-state index in [-0.39, 0.29) is 11.5 Å². The predicted molar refractivity (Wildman–Crippen MR) is 75.9 cm³/mol. The molecule has 2 N–H and O–H groups in total. The maximum Gasteiger partial charge on any atom is 0.136 e. The van der Waals surface area contributed by atoms with Gasteiger partial charge in [0.05, 0.1) is 5.60 Å². The van der Waals surface area contributed by atoms with E-state index in [1.807, 2.05) is 11.8 Å². The van der Waals surface area contributed by atoms with Crippen molar-refractivity contribution in [1.82, 2.24) is 0 Å². The van der Waals surface area contributed by atoms with Crippen LogP contribution >= 0.6 is 11.8 Å². The smallest absolute Gasteiger partial charge is 0.136 e. The SMILES string of the molecule is NCCCCCC(=O)C1CCOC2(CCSC2)C1. The quantitative estimate of drug-likeness (QED) is 0.754. The van der Waals surface area contributed by atoms with Gasteiger partial charge < -0.3 is 10.5 Å². The largest absolute Gasteiger partial charge is 0.374 e. The van der Waals surface area contributed by atoms with Gasteiger partial charge in [0.15, 0.2) is 0 Å². The molecule has 0 bridgehead atoms. The monoisotopic (exact) mass is 271 g/mol. The van der Waals surface area contributed by atoms with Crippen LogP contribution in [-0.4, -0.2) is 36.0 Å². The molecule has 2 unspecified atom stereocenters. The summed E-state index contributed by atoms with van der Waals surface area (Å²) in [6.45, 7) is 1.52. The van der Waals surface area contributed by atoms with Crippen molar-refractivity contribution < 1.29 is 9.53 Å². The van der Waals surface area contributed by atoms with Gasteiger partial charge in [-0.05, 0) is 44.4 Å². The fourth-order valence-corrected chi connectivity index (χ4v) is 4.37. The number of carbonyl (C=O) groups excluding carboxylic acids is 1. The zero-order valence-corrected chi connectivity index (χ0v) is 12.0. The number of ketones is 1. The van der Waals surface area contributed by atoms with E-state index >= 15 is 0 Å².